The number of hydrogen-bond acceptors (Lipinski definition) is 4. The highest BCUT2D eigenvalue weighted by Gasteiger charge is 2.01. The summed E-state index contributed by atoms with van der Waals surface area (Å²) in [7, 11) is 0. The van der Waals surface area contributed by atoms with Crippen LogP contribution in [0.3, 0.4) is 0 Å². The molecule has 2 aromatic rings. The van der Waals surface area contributed by atoms with Gasteiger partial charge in [-0.15, -0.1) is 0 Å². The zero-order valence-electron chi connectivity index (χ0n) is 13.4. The predicted octanol–water partition coefficient (Wildman–Crippen LogP) is 2.96. The van der Waals surface area contributed by atoms with Crippen LogP contribution < -0.4 is 15.5 Å². The first-order chi connectivity index (χ1) is 11.2. The number of carbonyl (C=O) groups excluding carboxylic acids is 1. The number of ether oxygens (including phenoxy) is 1. The first kappa shape index (κ1) is 16.5. The zero-order valence-corrected chi connectivity index (χ0v) is 13.4. The second-order valence-corrected chi connectivity index (χ2v) is 4.96. The molecule has 0 spiro atoms. The molecule has 0 radical (unpaired) electrons. The lowest BCUT2D eigenvalue weighted by molar-refractivity contribution is -0.119. The Balaban J connectivity index is 1.78. The molecule has 0 saturated carbocycles. The van der Waals surface area contributed by atoms with Gasteiger partial charge in [0.05, 0.1) is 19.4 Å². The minimum atomic E-state index is -0.199. The summed E-state index contributed by atoms with van der Waals surface area (Å²) in [6, 6.07) is 15.3. The summed E-state index contributed by atoms with van der Waals surface area (Å²) in [5, 5.41) is 7.03. The second-order valence-electron chi connectivity index (χ2n) is 4.96. The summed E-state index contributed by atoms with van der Waals surface area (Å²) in [5.41, 5.74) is 5.43. The maximum absolute atomic E-state index is 11.7. The molecular formula is C18H21N3O2. The lowest BCUT2D eigenvalue weighted by Crippen LogP contribution is -2.26. The highest BCUT2D eigenvalue weighted by molar-refractivity contribution is 5.84. The van der Waals surface area contributed by atoms with Crippen molar-refractivity contribution >= 4 is 17.8 Å². The standard InChI is InChI=1S/C18H21N3O2/c1-3-23-16-10-8-15(9-11-16)12-20-21-18(22)13-19-17-7-5-4-6-14(17)2/h4-12,19H,3,13H2,1-2H3,(H,21,22). The van der Waals surface area contributed by atoms with Crippen LogP contribution >= 0.6 is 0 Å². The molecule has 0 saturated heterocycles. The Morgan fingerprint density at radius 3 is 2.61 bits per heavy atom. The van der Waals surface area contributed by atoms with Crippen molar-refractivity contribution in [2.45, 2.75) is 13.8 Å². The van der Waals surface area contributed by atoms with Crippen LogP contribution in [0.4, 0.5) is 5.69 Å². The summed E-state index contributed by atoms with van der Waals surface area (Å²) >= 11 is 0. The second kappa shape index (κ2) is 8.58. The van der Waals surface area contributed by atoms with Crippen LogP contribution in [-0.4, -0.2) is 25.3 Å². The van der Waals surface area contributed by atoms with E-state index in [-0.39, 0.29) is 12.5 Å². The van der Waals surface area contributed by atoms with E-state index in [2.05, 4.69) is 15.8 Å². The number of nitrogens with zero attached hydrogens (tertiary/aromatic N) is 1. The Kier molecular flexibility index (Phi) is 6.17. The number of aryl methyl sites for hydroxylation is 1. The highest BCUT2D eigenvalue weighted by atomic mass is 16.5. The quantitative estimate of drug-likeness (QED) is 0.610. The molecule has 0 aliphatic carbocycles. The normalized spacial score (nSPS) is 10.5. The topological polar surface area (TPSA) is 62.7 Å². The SMILES string of the molecule is CCOc1ccc(C=NNC(=O)CNc2ccccc2C)cc1. The molecule has 2 rings (SSSR count). The Labute approximate surface area is 136 Å². The molecule has 0 aliphatic heterocycles. The molecule has 0 bridgehead atoms. The molecule has 1 amide bonds. The lowest BCUT2D eigenvalue weighted by Gasteiger charge is -2.07. The van der Waals surface area contributed by atoms with Crippen molar-refractivity contribution in [3.05, 3.63) is 59.7 Å². The number of benzene rings is 2. The fraction of sp³-hybridized carbons (Fsp3) is 0.222. The van der Waals surface area contributed by atoms with Crippen LogP contribution in [0.2, 0.25) is 0 Å². The van der Waals surface area contributed by atoms with Crippen molar-refractivity contribution in [2.75, 3.05) is 18.5 Å². The van der Waals surface area contributed by atoms with Crippen LogP contribution in [0.25, 0.3) is 0 Å². The van der Waals surface area contributed by atoms with Crippen LogP contribution in [0.5, 0.6) is 5.75 Å². The molecule has 0 aromatic heterocycles. The maximum Gasteiger partial charge on any atom is 0.259 e. The smallest absolute Gasteiger partial charge is 0.259 e. The van der Waals surface area contributed by atoms with Gasteiger partial charge in [-0.3, -0.25) is 4.79 Å². The van der Waals surface area contributed by atoms with Crippen LogP contribution in [0.15, 0.2) is 53.6 Å². The minimum absolute atomic E-state index is 0.172. The Morgan fingerprint density at radius 2 is 1.91 bits per heavy atom. The third kappa shape index (κ3) is 5.47. The first-order valence-corrected chi connectivity index (χ1v) is 7.53. The number of carbonyl (C=O) groups is 1. The average Bonchev–Trinajstić information content (AvgIpc) is 2.56. The molecule has 2 aromatic carbocycles. The largest absolute Gasteiger partial charge is 0.494 e. The van der Waals surface area contributed by atoms with Gasteiger partial charge in [-0.05, 0) is 55.3 Å². The van der Waals surface area contributed by atoms with E-state index < -0.39 is 0 Å². The molecule has 0 atom stereocenters. The summed E-state index contributed by atoms with van der Waals surface area (Å²) < 4.78 is 5.36. The average molecular weight is 311 g/mol. The summed E-state index contributed by atoms with van der Waals surface area (Å²) in [6.07, 6.45) is 1.60. The van der Waals surface area contributed by atoms with Crippen molar-refractivity contribution < 1.29 is 9.53 Å². The van der Waals surface area contributed by atoms with Crippen molar-refractivity contribution in [1.29, 1.82) is 0 Å². The van der Waals surface area contributed by atoms with E-state index in [1.165, 1.54) is 0 Å². The molecule has 0 heterocycles. The number of anilines is 1. The number of hydrazone groups is 1. The Bertz CT molecular complexity index is 666. The van der Waals surface area contributed by atoms with E-state index in [1.54, 1.807) is 6.21 Å². The minimum Gasteiger partial charge on any atom is -0.494 e. The maximum atomic E-state index is 11.7. The van der Waals surface area contributed by atoms with Gasteiger partial charge in [0.15, 0.2) is 0 Å². The molecule has 5 heteroatoms. The summed E-state index contributed by atoms with van der Waals surface area (Å²) in [4.78, 5) is 11.7. The third-order valence-electron chi connectivity index (χ3n) is 3.18. The molecule has 0 aliphatic rings. The van der Waals surface area contributed by atoms with E-state index in [9.17, 15) is 4.79 Å². The third-order valence-corrected chi connectivity index (χ3v) is 3.18. The van der Waals surface area contributed by atoms with Gasteiger partial charge in [0.1, 0.15) is 5.75 Å². The first-order valence-electron chi connectivity index (χ1n) is 7.53. The summed E-state index contributed by atoms with van der Waals surface area (Å²) in [5.74, 6) is 0.617. The molecule has 120 valence electrons. The van der Waals surface area contributed by atoms with Crippen LogP contribution in [0.1, 0.15) is 18.1 Å². The molecule has 0 unspecified atom stereocenters. The van der Waals surface area contributed by atoms with Crippen molar-refractivity contribution in [2.24, 2.45) is 5.10 Å². The molecular weight excluding hydrogens is 290 g/mol. The molecule has 5 nitrogen and oxygen atoms in total. The van der Waals surface area contributed by atoms with Gasteiger partial charge in [-0.2, -0.15) is 5.10 Å². The zero-order chi connectivity index (χ0) is 16.5. The molecule has 2 N–H and O–H groups in total. The molecule has 23 heavy (non-hydrogen) atoms. The summed E-state index contributed by atoms with van der Waals surface area (Å²) in [6.45, 7) is 4.74. The Hall–Kier alpha value is -2.82. The lowest BCUT2D eigenvalue weighted by atomic mass is 10.2. The van der Waals surface area contributed by atoms with Crippen molar-refractivity contribution in [3.8, 4) is 5.75 Å². The number of nitrogens with one attached hydrogen (secondary N) is 2. The number of hydrogen-bond donors (Lipinski definition) is 2. The van der Waals surface area contributed by atoms with Crippen molar-refractivity contribution in [1.82, 2.24) is 5.43 Å². The Morgan fingerprint density at radius 1 is 1.17 bits per heavy atom. The molecule has 0 fully saturated rings. The number of para-hydroxylation sites is 1. The van der Waals surface area contributed by atoms with E-state index >= 15 is 0 Å². The van der Waals surface area contributed by atoms with Gasteiger partial charge in [0, 0.05) is 5.69 Å². The monoisotopic (exact) mass is 311 g/mol. The van der Waals surface area contributed by atoms with Crippen LogP contribution in [-0.2, 0) is 4.79 Å². The van der Waals surface area contributed by atoms with Gasteiger partial charge in [-0.1, -0.05) is 18.2 Å². The van der Waals surface area contributed by atoms with Gasteiger partial charge in [0.25, 0.3) is 5.91 Å². The highest BCUT2D eigenvalue weighted by Crippen LogP contribution is 2.12. The van der Waals surface area contributed by atoms with Gasteiger partial charge in [0.2, 0.25) is 0 Å². The van der Waals surface area contributed by atoms with E-state index in [4.69, 9.17) is 4.74 Å². The van der Waals surface area contributed by atoms with E-state index in [1.807, 2.05) is 62.4 Å². The van der Waals surface area contributed by atoms with Crippen molar-refractivity contribution in [3.63, 3.8) is 0 Å². The van der Waals surface area contributed by atoms with Gasteiger partial charge < -0.3 is 10.1 Å². The number of rotatable bonds is 7. The predicted molar refractivity (Wildman–Crippen MR) is 93.0 cm³/mol. The van der Waals surface area contributed by atoms with Crippen LogP contribution in [0, 0.1) is 6.92 Å². The van der Waals surface area contributed by atoms with E-state index in [0.29, 0.717) is 6.61 Å². The fourth-order valence-corrected chi connectivity index (χ4v) is 1.98. The van der Waals surface area contributed by atoms with Gasteiger partial charge >= 0.3 is 0 Å². The number of amides is 1. The van der Waals surface area contributed by atoms with E-state index in [0.717, 1.165) is 22.6 Å². The fourth-order valence-electron chi connectivity index (χ4n) is 1.98. The van der Waals surface area contributed by atoms with Gasteiger partial charge in [-0.25, -0.2) is 5.43 Å².